The SMILES string of the molecule is Cl.NC1CCCN(C(=O)CCn2cc(Br)ccc2=O)C1. The molecule has 0 saturated carbocycles. The van der Waals surface area contributed by atoms with Crippen LogP contribution in [-0.2, 0) is 11.3 Å². The number of rotatable bonds is 3. The van der Waals surface area contributed by atoms with Gasteiger partial charge in [-0.15, -0.1) is 12.4 Å². The number of nitrogens with zero attached hydrogens (tertiary/aromatic N) is 2. The lowest BCUT2D eigenvalue weighted by atomic mass is 10.1. The number of carbonyl (C=O) groups excluding carboxylic acids is 1. The molecule has 1 atom stereocenters. The van der Waals surface area contributed by atoms with Crippen molar-refractivity contribution >= 4 is 34.2 Å². The normalized spacial score (nSPS) is 18.5. The van der Waals surface area contributed by atoms with Gasteiger partial charge in [0.1, 0.15) is 0 Å². The highest BCUT2D eigenvalue weighted by molar-refractivity contribution is 9.10. The van der Waals surface area contributed by atoms with Gasteiger partial charge in [0.25, 0.3) is 5.56 Å². The van der Waals surface area contributed by atoms with Gasteiger partial charge in [0.05, 0.1) is 0 Å². The lowest BCUT2D eigenvalue weighted by Gasteiger charge is -2.30. The molecule has 0 aromatic carbocycles. The van der Waals surface area contributed by atoms with E-state index in [9.17, 15) is 9.59 Å². The zero-order valence-electron chi connectivity index (χ0n) is 11.1. The molecule has 1 unspecified atom stereocenters. The van der Waals surface area contributed by atoms with Crippen LogP contribution in [0.4, 0.5) is 0 Å². The van der Waals surface area contributed by atoms with E-state index in [2.05, 4.69) is 15.9 Å². The molecule has 1 aliphatic heterocycles. The lowest BCUT2D eigenvalue weighted by molar-refractivity contribution is -0.132. The first-order chi connectivity index (χ1) is 9.06. The summed E-state index contributed by atoms with van der Waals surface area (Å²) in [7, 11) is 0. The number of hydrogen-bond donors (Lipinski definition) is 1. The Bertz CT molecular complexity index is 521. The largest absolute Gasteiger partial charge is 0.341 e. The van der Waals surface area contributed by atoms with E-state index in [0.29, 0.717) is 19.5 Å². The summed E-state index contributed by atoms with van der Waals surface area (Å²) >= 11 is 3.32. The highest BCUT2D eigenvalue weighted by Crippen LogP contribution is 2.10. The molecule has 2 heterocycles. The van der Waals surface area contributed by atoms with Gasteiger partial charge in [-0.1, -0.05) is 0 Å². The molecule has 1 aromatic rings. The fraction of sp³-hybridized carbons (Fsp3) is 0.538. The maximum absolute atomic E-state index is 12.1. The molecule has 1 fully saturated rings. The van der Waals surface area contributed by atoms with Crippen LogP contribution in [0.2, 0.25) is 0 Å². The summed E-state index contributed by atoms with van der Waals surface area (Å²) in [5.41, 5.74) is 5.77. The summed E-state index contributed by atoms with van der Waals surface area (Å²) in [4.78, 5) is 25.5. The third kappa shape index (κ3) is 4.61. The first-order valence-electron chi connectivity index (χ1n) is 6.45. The van der Waals surface area contributed by atoms with Crippen molar-refractivity contribution in [3.8, 4) is 0 Å². The summed E-state index contributed by atoms with van der Waals surface area (Å²) in [5, 5.41) is 0. The van der Waals surface area contributed by atoms with Crippen molar-refractivity contribution < 1.29 is 4.79 Å². The zero-order chi connectivity index (χ0) is 13.8. The number of amides is 1. The number of aryl methyl sites for hydroxylation is 1. The second-order valence-corrected chi connectivity index (χ2v) is 5.79. The monoisotopic (exact) mass is 363 g/mol. The highest BCUT2D eigenvalue weighted by atomic mass is 79.9. The number of pyridine rings is 1. The number of hydrogen-bond acceptors (Lipinski definition) is 3. The predicted octanol–water partition coefficient (Wildman–Crippen LogP) is 1.37. The molecule has 20 heavy (non-hydrogen) atoms. The minimum absolute atomic E-state index is 0. The van der Waals surface area contributed by atoms with Crippen LogP contribution in [-0.4, -0.2) is 34.5 Å². The Morgan fingerprint density at radius 3 is 2.90 bits per heavy atom. The van der Waals surface area contributed by atoms with E-state index >= 15 is 0 Å². The van der Waals surface area contributed by atoms with Gasteiger partial charge >= 0.3 is 0 Å². The van der Waals surface area contributed by atoms with Crippen LogP contribution in [0, 0.1) is 0 Å². The fourth-order valence-corrected chi connectivity index (χ4v) is 2.67. The standard InChI is InChI=1S/C13H18BrN3O2.ClH/c14-10-3-4-12(18)17(8-10)7-5-13(19)16-6-1-2-11(15)9-16;/h3-4,8,11H,1-2,5-7,9,15H2;1H. The van der Waals surface area contributed by atoms with Crippen LogP contribution < -0.4 is 11.3 Å². The number of carbonyl (C=O) groups is 1. The van der Waals surface area contributed by atoms with E-state index < -0.39 is 0 Å². The second-order valence-electron chi connectivity index (χ2n) is 4.87. The third-order valence-corrected chi connectivity index (χ3v) is 3.79. The molecule has 5 nitrogen and oxygen atoms in total. The molecule has 1 amide bonds. The minimum atomic E-state index is -0.0913. The van der Waals surface area contributed by atoms with E-state index in [1.165, 1.54) is 6.07 Å². The molecule has 0 spiro atoms. The summed E-state index contributed by atoms with van der Waals surface area (Å²) in [6, 6.07) is 3.28. The first kappa shape index (κ1) is 17.2. The minimum Gasteiger partial charge on any atom is -0.341 e. The van der Waals surface area contributed by atoms with Crippen molar-refractivity contribution in [3.63, 3.8) is 0 Å². The molecule has 2 N–H and O–H groups in total. The van der Waals surface area contributed by atoms with Crippen molar-refractivity contribution in [1.29, 1.82) is 0 Å². The number of halogens is 2. The maximum atomic E-state index is 12.1. The van der Waals surface area contributed by atoms with E-state index in [1.807, 2.05) is 0 Å². The summed E-state index contributed by atoms with van der Waals surface area (Å²) in [6.07, 6.45) is 3.99. The Morgan fingerprint density at radius 1 is 1.45 bits per heavy atom. The summed E-state index contributed by atoms with van der Waals surface area (Å²) < 4.78 is 2.38. The van der Waals surface area contributed by atoms with Crippen LogP contribution in [0.1, 0.15) is 19.3 Å². The summed E-state index contributed by atoms with van der Waals surface area (Å²) in [6.45, 7) is 1.81. The number of likely N-dealkylation sites (tertiary alicyclic amines) is 1. The Labute approximate surface area is 132 Å². The van der Waals surface area contributed by atoms with Gasteiger partial charge in [0.2, 0.25) is 5.91 Å². The average molecular weight is 365 g/mol. The predicted molar refractivity (Wildman–Crippen MR) is 84.1 cm³/mol. The number of aromatic nitrogens is 1. The highest BCUT2D eigenvalue weighted by Gasteiger charge is 2.20. The molecule has 0 radical (unpaired) electrons. The Morgan fingerprint density at radius 2 is 2.20 bits per heavy atom. The molecular weight excluding hydrogens is 346 g/mol. The lowest BCUT2D eigenvalue weighted by Crippen LogP contribution is -2.46. The smallest absolute Gasteiger partial charge is 0.250 e. The average Bonchev–Trinajstić information content (AvgIpc) is 2.39. The van der Waals surface area contributed by atoms with Crippen LogP contribution in [0.5, 0.6) is 0 Å². The van der Waals surface area contributed by atoms with Gasteiger partial charge in [-0.05, 0) is 34.8 Å². The molecule has 112 valence electrons. The van der Waals surface area contributed by atoms with E-state index in [4.69, 9.17) is 5.73 Å². The number of piperidine rings is 1. The van der Waals surface area contributed by atoms with Gasteiger partial charge in [-0.25, -0.2) is 0 Å². The van der Waals surface area contributed by atoms with Gasteiger partial charge < -0.3 is 15.2 Å². The van der Waals surface area contributed by atoms with Crippen LogP contribution >= 0.6 is 28.3 Å². The van der Waals surface area contributed by atoms with Crippen molar-refractivity contribution in [2.24, 2.45) is 5.73 Å². The van der Waals surface area contributed by atoms with Crippen molar-refractivity contribution in [2.45, 2.75) is 31.8 Å². The topological polar surface area (TPSA) is 68.3 Å². The molecule has 1 saturated heterocycles. The van der Waals surface area contributed by atoms with Crippen molar-refractivity contribution in [2.75, 3.05) is 13.1 Å². The third-order valence-electron chi connectivity index (χ3n) is 3.32. The summed E-state index contributed by atoms with van der Waals surface area (Å²) in [5.74, 6) is 0.0713. The molecule has 7 heteroatoms. The molecule has 0 bridgehead atoms. The first-order valence-corrected chi connectivity index (χ1v) is 7.25. The van der Waals surface area contributed by atoms with E-state index in [1.54, 1.807) is 21.7 Å². The maximum Gasteiger partial charge on any atom is 0.250 e. The van der Waals surface area contributed by atoms with E-state index in [0.717, 1.165) is 23.9 Å². The Balaban J connectivity index is 0.00000200. The van der Waals surface area contributed by atoms with Gasteiger partial charge in [0.15, 0.2) is 0 Å². The van der Waals surface area contributed by atoms with Crippen LogP contribution in [0.25, 0.3) is 0 Å². The zero-order valence-corrected chi connectivity index (χ0v) is 13.5. The van der Waals surface area contributed by atoms with Gasteiger partial charge in [0, 0.05) is 48.8 Å². The Kier molecular flexibility index (Phi) is 6.71. The fourth-order valence-electron chi connectivity index (χ4n) is 2.29. The van der Waals surface area contributed by atoms with Crippen molar-refractivity contribution in [1.82, 2.24) is 9.47 Å². The Hall–Kier alpha value is -0.850. The van der Waals surface area contributed by atoms with Gasteiger partial charge in [-0.3, -0.25) is 9.59 Å². The molecule has 2 rings (SSSR count). The number of nitrogens with two attached hydrogens (primary N) is 1. The van der Waals surface area contributed by atoms with Crippen molar-refractivity contribution in [3.05, 3.63) is 33.2 Å². The molecular formula is C13H19BrClN3O2. The quantitative estimate of drug-likeness (QED) is 0.881. The van der Waals surface area contributed by atoms with E-state index in [-0.39, 0.29) is 29.9 Å². The second kappa shape index (κ2) is 7.81. The molecule has 1 aliphatic rings. The molecule has 0 aliphatic carbocycles. The van der Waals surface area contributed by atoms with Crippen LogP contribution in [0.3, 0.4) is 0 Å². The molecule has 1 aromatic heterocycles. The van der Waals surface area contributed by atoms with Gasteiger partial charge in [-0.2, -0.15) is 0 Å². The van der Waals surface area contributed by atoms with Crippen LogP contribution in [0.15, 0.2) is 27.6 Å².